The van der Waals surface area contributed by atoms with Crippen molar-refractivity contribution in [1.82, 2.24) is 15.2 Å². The van der Waals surface area contributed by atoms with E-state index in [0.717, 1.165) is 11.1 Å². The van der Waals surface area contributed by atoms with Crippen molar-refractivity contribution in [3.63, 3.8) is 0 Å². The number of pyridine rings is 1. The van der Waals surface area contributed by atoms with E-state index in [2.05, 4.69) is 10.6 Å². The van der Waals surface area contributed by atoms with Crippen LogP contribution in [-0.4, -0.2) is 27.9 Å². The summed E-state index contributed by atoms with van der Waals surface area (Å²) in [7, 11) is 0. The predicted octanol–water partition coefficient (Wildman–Crippen LogP) is 5.85. The molecule has 0 unspecified atom stereocenters. The Morgan fingerprint density at radius 1 is 1.16 bits per heavy atom. The van der Waals surface area contributed by atoms with Gasteiger partial charge in [0.25, 0.3) is 11.5 Å². The molecule has 38 heavy (non-hydrogen) atoms. The van der Waals surface area contributed by atoms with Gasteiger partial charge in [0.2, 0.25) is 0 Å². The van der Waals surface area contributed by atoms with E-state index in [0.29, 0.717) is 26.8 Å². The van der Waals surface area contributed by atoms with Gasteiger partial charge < -0.3 is 19.9 Å². The summed E-state index contributed by atoms with van der Waals surface area (Å²) >= 11 is 7.35. The second-order valence-corrected chi connectivity index (χ2v) is 11.6. The third-order valence-electron chi connectivity index (χ3n) is 5.93. The molecule has 2 amide bonds. The Hall–Kier alpha value is -3.30. The average Bonchev–Trinajstić information content (AvgIpc) is 3.25. The molecule has 1 aromatic heterocycles. The molecular formula is C28H29ClFN3O4S. The minimum absolute atomic E-state index is 0.209. The highest BCUT2D eigenvalue weighted by Crippen LogP contribution is 2.39. The molecule has 0 saturated carbocycles. The fourth-order valence-electron chi connectivity index (χ4n) is 4.12. The Kier molecular flexibility index (Phi) is 8.18. The fraction of sp³-hybridized carbons (Fsp3) is 0.321. The molecule has 2 heterocycles. The lowest BCUT2D eigenvalue weighted by Gasteiger charge is -2.22. The third-order valence-corrected chi connectivity index (χ3v) is 7.41. The largest absolute Gasteiger partial charge is 0.444 e. The number of fused-ring (bicyclic) bond motifs is 1. The Morgan fingerprint density at radius 3 is 2.45 bits per heavy atom. The molecule has 0 saturated heterocycles. The number of alkyl carbamates (subject to hydrolysis) is 1. The third kappa shape index (κ3) is 6.57. The number of hydrogen-bond acceptors (Lipinski definition) is 5. The topological polar surface area (TPSA) is 89.4 Å². The van der Waals surface area contributed by atoms with E-state index in [-0.39, 0.29) is 23.8 Å². The van der Waals surface area contributed by atoms with Gasteiger partial charge in [0.1, 0.15) is 11.4 Å². The van der Waals surface area contributed by atoms with Crippen molar-refractivity contribution in [2.75, 3.05) is 5.75 Å². The number of ether oxygens (including phenoxy) is 1. The quantitative estimate of drug-likeness (QED) is 0.397. The number of benzene rings is 2. The van der Waals surface area contributed by atoms with E-state index in [9.17, 15) is 18.8 Å². The van der Waals surface area contributed by atoms with Gasteiger partial charge in [-0.2, -0.15) is 0 Å². The number of carbonyl (C=O) groups is 2. The Bertz CT molecular complexity index is 1400. The van der Waals surface area contributed by atoms with E-state index in [1.165, 1.54) is 28.5 Å². The highest BCUT2D eigenvalue weighted by molar-refractivity contribution is 7.99. The molecule has 2 N–H and O–H groups in total. The second kappa shape index (κ2) is 11.2. The lowest BCUT2D eigenvalue weighted by Crippen LogP contribution is -2.38. The lowest BCUT2D eigenvalue weighted by atomic mass is 10.1. The van der Waals surface area contributed by atoms with Crippen LogP contribution in [0.4, 0.5) is 9.18 Å². The Morgan fingerprint density at radius 2 is 1.82 bits per heavy atom. The van der Waals surface area contributed by atoms with Crippen molar-refractivity contribution >= 4 is 35.4 Å². The maximum absolute atomic E-state index is 13.6. The summed E-state index contributed by atoms with van der Waals surface area (Å²) in [6, 6.07) is 12.0. The molecule has 2 aromatic carbocycles. The summed E-state index contributed by atoms with van der Waals surface area (Å²) in [5.41, 5.74) is 1.22. The maximum Gasteiger partial charge on any atom is 0.408 e. The first-order valence-corrected chi connectivity index (χ1v) is 13.5. The van der Waals surface area contributed by atoms with Gasteiger partial charge in [0.15, 0.2) is 0 Å². The van der Waals surface area contributed by atoms with Crippen LogP contribution < -0.4 is 16.2 Å². The highest BCUT2D eigenvalue weighted by Gasteiger charge is 2.34. The molecule has 0 spiro atoms. The first kappa shape index (κ1) is 27.7. The molecule has 3 aromatic rings. The van der Waals surface area contributed by atoms with Crippen LogP contribution in [0.1, 0.15) is 66.8 Å². The smallest absolute Gasteiger partial charge is 0.408 e. The number of halogens is 2. The van der Waals surface area contributed by atoms with Gasteiger partial charge in [-0.05, 0) is 63.1 Å². The van der Waals surface area contributed by atoms with Crippen LogP contribution in [-0.2, 0) is 11.3 Å². The van der Waals surface area contributed by atoms with Crippen LogP contribution in [0, 0.1) is 5.82 Å². The molecule has 7 nitrogen and oxygen atoms in total. The molecule has 4 rings (SSSR count). The number of hydrogen-bond donors (Lipinski definition) is 2. The summed E-state index contributed by atoms with van der Waals surface area (Å²) in [5.74, 6) is -0.365. The summed E-state index contributed by atoms with van der Waals surface area (Å²) in [6.45, 7) is 7.28. The van der Waals surface area contributed by atoms with E-state index >= 15 is 0 Å². The molecule has 0 radical (unpaired) electrons. The van der Waals surface area contributed by atoms with Crippen molar-refractivity contribution in [1.29, 1.82) is 0 Å². The Balaban J connectivity index is 1.70. The highest BCUT2D eigenvalue weighted by atomic mass is 35.5. The van der Waals surface area contributed by atoms with E-state index in [4.69, 9.17) is 16.3 Å². The van der Waals surface area contributed by atoms with Crippen LogP contribution in [0.2, 0.25) is 5.02 Å². The molecular weight excluding hydrogens is 529 g/mol. The van der Waals surface area contributed by atoms with E-state index in [1.54, 1.807) is 58.2 Å². The van der Waals surface area contributed by atoms with E-state index in [1.807, 2.05) is 12.1 Å². The van der Waals surface area contributed by atoms with Crippen LogP contribution >= 0.6 is 23.4 Å². The minimum atomic E-state index is -0.703. The van der Waals surface area contributed by atoms with Gasteiger partial charge >= 0.3 is 6.09 Å². The summed E-state index contributed by atoms with van der Waals surface area (Å²) in [4.78, 5) is 40.2. The standard InChI is InChI=1S/C28H29ClFN3O4S/c1-16(18-7-11-20(30)12-8-18)31-25(34)21-14-33(13-17-5-9-19(29)10-6-17)26(35)23-22(15-38-24(21)23)32-27(36)37-28(2,3)4/h5-12,14,16,22H,13,15H2,1-4H3,(H,31,34)(H,32,36)/t16-,22-/m0/s1. The monoisotopic (exact) mass is 557 g/mol. The average molecular weight is 558 g/mol. The number of nitrogens with one attached hydrogen (secondary N) is 2. The number of amides is 2. The van der Waals surface area contributed by atoms with Gasteiger partial charge in [0.05, 0.1) is 29.8 Å². The molecule has 10 heteroatoms. The summed E-state index contributed by atoms with van der Waals surface area (Å²) < 4.78 is 20.2. The van der Waals surface area contributed by atoms with Crippen LogP contribution in [0.25, 0.3) is 0 Å². The van der Waals surface area contributed by atoms with Crippen LogP contribution in [0.15, 0.2) is 64.4 Å². The first-order valence-electron chi connectivity index (χ1n) is 12.1. The number of thioether (sulfide) groups is 1. The molecule has 2 atom stereocenters. The summed E-state index contributed by atoms with van der Waals surface area (Å²) in [6.07, 6.45) is 0.908. The fourth-order valence-corrected chi connectivity index (χ4v) is 5.52. The zero-order valence-corrected chi connectivity index (χ0v) is 23.1. The van der Waals surface area contributed by atoms with E-state index < -0.39 is 23.8 Å². The molecule has 0 aliphatic carbocycles. The van der Waals surface area contributed by atoms with Gasteiger partial charge in [-0.25, -0.2) is 9.18 Å². The van der Waals surface area contributed by atoms with Crippen molar-refractivity contribution < 1.29 is 18.7 Å². The minimum Gasteiger partial charge on any atom is -0.444 e. The number of carbonyl (C=O) groups excluding carboxylic acids is 2. The summed E-state index contributed by atoms with van der Waals surface area (Å²) in [5, 5.41) is 6.31. The SMILES string of the molecule is C[C@H](NC(=O)c1cn(Cc2ccc(Cl)cc2)c(=O)c2c1SC[C@@H]2NC(=O)OC(C)(C)C)c1ccc(F)cc1. The van der Waals surface area contributed by atoms with Crippen LogP contribution in [0.5, 0.6) is 0 Å². The van der Waals surface area contributed by atoms with Crippen molar-refractivity contribution in [2.24, 2.45) is 0 Å². The first-order chi connectivity index (χ1) is 17.9. The molecule has 1 aliphatic rings. The van der Waals surface area contributed by atoms with Gasteiger partial charge in [-0.15, -0.1) is 11.8 Å². The number of nitrogens with zero attached hydrogens (tertiary/aromatic N) is 1. The van der Waals surface area contributed by atoms with Gasteiger partial charge in [-0.1, -0.05) is 35.9 Å². The van der Waals surface area contributed by atoms with Gasteiger partial charge in [-0.3, -0.25) is 9.59 Å². The van der Waals surface area contributed by atoms with Gasteiger partial charge in [0, 0.05) is 21.9 Å². The Labute approximate surface area is 229 Å². The van der Waals surface area contributed by atoms with Crippen molar-refractivity contribution in [3.05, 3.63) is 98.2 Å². The lowest BCUT2D eigenvalue weighted by molar-refractivity contribution is 0.0508. The maximum atomic E-state index is 13.6. The number of rotatable bonds is 6. The van der Waals surface area contributed by atoms with Crippen molar-refractivity contribution in [3.8, 4) is 0 Å². The molecule has 0 bridgehead atoms. The molecule has 0 fully saturated rings. The second-order valence-electron chi connectivity index (χ2n) is 10.1. The van der Waals surface area contributed by atoms with Crippen molar-refractivity contribution in [2.45, 2.75) is 56.8 Å². The molecule has 200 valence electrons. The van der Waals surface area contributed by atoms with Crippen LogP contribution in [0.3, 0.4) is 0 Å². The molecule has 1 aliphatic heterocycles. The number of aromatic nitrogens is 1. The zero-order valence-electron chi connectivity index (χ0n) is 21.5. The predicted molar refractivity (Wildman–Crippen MR) is 146 cm³/mol. The zero-order chi connectivity index (χ0) is 27.6. The normalized spacial score (nSPS) is 15.5.